The molecule has 1 aliphatic heterocycles. The molecule has 3 N–H and O–H groups in total. The number of nitrogens with one attached hydrogen (secondary N) is 1. The summed E-state index contributed by atoms with van der Waals surface area (Å²) in [4.78, 5) is 25.4. The highest BCUT2D eigenvalue weighted by molar-refractivity contribution is 7.91. The molecule has 1 aromatic carbocycles. The molecule has 0 spiro atoms. The van der Waals surface area contributed by atoms with Crippen LogP contribution in [-0.4, -0.2) is 62.2 Å². The van der Waals surface area contributed by atoms with Crippen molar-refractivity contribution < 1.29 is 18.0 Å². The summed E-state index contributed by atoms with van der Waals surface area (Å²) in [6, 6.07) is 9.11. The van der Waals surface area contributed by atoms with Crippen LogP contribution in [0.25, 0.3) is 10.1 Å². The molecule has 2 aromatic rings. The lowest BCUT2D eigenvalue weighted by molar-refractivity contribution is -0.138. The van der Waals surface area contributed by atoms with Crippen molar-refractivity contribution in [1.29, 1.82) is 0 Å². The van der Waals surface area contributed by atoms with Crippen LogP contribution in [0, 0.1) is 12.0 Å². The average Bonchev–Trinajstić information content (AvgIpc) is 3.07. The number of carbonyl (C=O) groups excluding carboxylic acids is 2. The van der Waals surface area contributed by atoms with Crippen LogP contribution in [0.5, 0.6) is 0 Å². The van der Waals surface area contributed by atoms with Gasteiger partial charge in [0.15, 0.2) is 0 Å². The number of hydrogen-bond acceptors (Lipinski definition) is 6. The van der Waals surface area contributed by atoms with Gasteiger partial charge in [-0.05, 0) is 23.6 Å². The molecule has 1 aliphatic rings. The maximum Gasteiger partial charge on any atom is 0.253 e. The molecule has 0 aliphatic carbocycles. The molecule has 28 heavy (non-hydrogen) atoms. The summed E-state index contributed by atoms with van der Waals surface area (Å²) in [5, 5.41) is 3.62. The van der Waals surface area contributed by atoms with Crippen LogP contribution >= 0.6 is 22.9 Å². The van der Waals surface area contributed by atoms with Gasteiger partial charge in [0.25, 0.3) is 15.9 Å². The van der Waals surface area contributed by atoms with Crippen molar-refractivity contribution in [2.75, 3.05) is 32.7 Å². The molecule has 0 radical (unpaired) electrons. The zero-order chi connectivity index (χ0) is 20.3. The Balaban J connectivity index is 1.69. The van der Waals surface area contributed by atoms with Crippen LogP contribution in [0.1, 0.15) is 0 Å². The smallest absolute Gasteiger partial charge is 0.253 e. The Bertz CT molecular complexity index is 1090. The van der Waals surface area contributed by atoms with Gasteiger partial charge in [0.2, 0.25) is 5.91 Å². The molecule has 11 heteroatoms. The second-order valence-electron chi connectivity index (χ2n) is 5.96. The third-order valence-electron chi connectivity index (χ3n) is 4.06. The lowest BCUT2D eigenvalue weighted by Gasteiger charge is -2.32. The maximum atomic E-state index is 12.9. The molecule has 2 heterocycles. The molecule has 0 atom stereocenters. The highest BCUT2D eigenvalue weighted by Crippen LogP contribution is 2.33. The van der Waals surface area contributed by atoms with Crippen molar-refractivity contribution in [2.45, 2.75) is 4.21 Å². The highest BCUT2D eigenvalue weighted by Gasteiger charge is 2.34. The van der Waals surface area contributed by atoms with E-state index >= 15 is 0 Å². The van der Waals surface area contributed by atoms with Gasteiger partial charge < -0.3 is 10.6 Å². The molecular weight excluding hydrogens is 424 g/mol. The van der Waals surface area contributed by atoms with Gasteiger partial charge in [-0.15, -0.1) is 11.3 Å². The minimum Gasteiger partial charge on any atom is -0.331 e. The van der Waals surface area contributed by atoms with E-state index in [4.69, 9.17) is 17.3 Å². The van der Waals surface area contributed by atoms with E-state index in [-0.39, 0.29) is 36.9 Å². The number of benzene rings is 1. The molecule has 0 saturated carbocycles. The van der Waals surface area contributed by atoms with Crippen molar-refractivity contribution in [3.05, 3.63) is 29.3 Å². The molecule has 1 fully saturated rings. The Morgan fingerprint density at radius 2 is 2.11 bits per heavy atom. The third-order valence-corrected chi connectivity index (χ3v) is 7.69. The van der Waals surface area contributed by atoms with E-state index in [0.29, 0.717) is 5.02 Å². The summed E-state index contributed by atoms with van der Waals surface area (Å²) in [7, 11) is -3.81. The van der Waals surface area contributed by atoms with E-state index in [9.17, 15) is 18.0 Å². The number of amides is 2. The molecule has 1 aromatic heterocycles. The fourth-order valence-corrected chi connectivity index (χ4v) is 5.88. The van der Waals surface area contributed by atoms with Crippen molar-refractivity contribution in [1.82, 2.24) is 14.5 Å². The molecule has 8 nitrogen and oxygen atoms in total. The lowest BCUT2D eigenvalue weighted by atomic mass is 10.3. The molecule has 148 valence electrons. The highest BCUT2D eigenvalue weighted by atomic mass is 35.5. The number of nitrogens with zero attached hydrogens (tertiary/aromatic N) is 2. The number of halogens is 1. The van der Waals surface area contributed by atoms with Gasteiger partial charge in [0.05, 0.1) is 13.1 Å². The van der Waals surface area contributed by atoms with E-state index in [1.54, 1.807) is 24.3 Å². The number of thiophene rings is 1. The van der Waals surface area contributed by atoms with E-state index in [1.807, 2.05) is 0 Å². The summed E-state index contributed by atoms with van der Waals surface area (Å²) in [6.45, 7) is -0.177. The predicted molar refractivity (Wildman–Crippen MR) is 107 cm³/mol. The maximum absolute atomic E-state index is 12.9. The number of sulfonamides is 1. The summed E-state index contributed by atoms with van der Waals surface area (Å²) in [5.74, 6) is 1.59. The van der Waals surface area contributed by atoms with E-state index in [2.05, 4.69) is 17.3 Å². The topological polar surface area (TPSA) is 113 Å². The van der Waals surface area contributed by atoms with Gasteiger partial charge in [-0.2, -0.15) is 4.31 Å². The van der Waals surface area contributed by atoms with Gasteiger partial charge in [-0.1, -0.05) is 23.6 Å². The Morgan fingerprint density at radius 1 is 1.32 bits per heavy atom. The monoisotopic (exact) mass is 440 g/mol. The molecule has 2 amide bonds. The van der Waals surface area contributed by atoms with Crippen molar-refractivity contribution in [3.63, 3.8) is 0 Å². The summed E-state index contributed by atoms with van der Waals surface area (Å²) in [5.41, 5.74) is 5.20. The summed E-state index contributed by atoms with van der Waals surface area (Å²) < 4.78 is 27.9. The molecule has 1 saturated heterocycles. The third kappa shape index (κ3) is 4.45. The number of fused-ring (bicyclic) bond motifs is 1. The standard InChI is InChI=1S/C17H17ClN4O4S2/c18-13-3-2-12-8-17(27-14(12)9-13)28(25,26)22-7-6-21(16(24)11-22)10-15(23)20-5-1-4-19/h2-3,8-9H,4,6-7,10-11,19H2,(H,20,23). The van der Waals surface area contributed by atoms with Crippen LogP contribution in [-0.2, 0) is 19.6 Å². The minimum atomic E-state index is -3.81. The number of hydrogen-bond donors (Lipinski definition) is 2. The predicted octanol–water partition coefficient (Wildman–Crippen LogP) is 0.423. The first kappa shape index (κ1) is 20.6. The zero-order valence-electron chi connectivity index (χ0n) is 14.6. The van der Waals surface area contributed by atoms with Gasteiger partial charge in [0, 0.05) is 28.9 Å². The number of piperazine rings is 1. The SMILES string of the molecule is NCC#CNC(=O)CN1CCN(S(=O)(=O)c2cc3ccc(Cl)cc3s2)CC1=O. The fourth-order valence-electron chi connectivity index (χ4n) is 2.67. The Hall–Kier alpha value is -2.16. The van der Waals surface area contributed by atoms with Gasteiger partial charge >= 0.3 is 0 Å². The molecule has 0 unspecified atom stereocenters. The second-order valence-corrected chi connectivity index (χ2v) is 9.64. The second kappa shape index (κ2) is 8.46. The average molecular weight is 441 g/mol. The molecule has 3 rings (SSSR count). The van der Waals surface area contributed by atoms with Crippen LogP contribution in [0.2, 0.25) is 5.02 Å². The number of nitrogens with two attached hydrogens (primary N) is 1. The van der Waals surface area contributed by atoms with Crippen LogP contribution in [0.3, 0.4) is 0 Å². The van der Waals surface area contributed by atoms with Crippen molar-refractivity contribution in [3.8, 4) is 12.0 Å². The van der Waals surface area contributed by atoms with E-state index in [1.165, 1.54) is 4.90 Å². The van der Waals surface area contributed by atoms with Gasteiger partial charge in [0.1, 0.15) is 10.8 Å². The van der Waals surface area contributed by atoms with Crippen LogP contribution < -0.4 is 11.1 Å². The normalized spacial score (nSPS) is 15.4. The number of carbonyl (C=O) groups is 2. The Kier molecular flexibility index (Phi) is 6.22. The lowest BCUT2D eigenvalue weighted by Crippen LogP contribution is -2.54. The van der Waals surface area contributed by atoms with Crippen molar-refractivity contribution >= 4 is 54.9 Å². The summed E-state index contributed by atoms with van der Waals surface area (Å²) >= 11 is 7.06. The fraction of sp³-hybridized carbons (Fsp3) is 0.294. The van der Waals surface area contributed by atoms with Crippen molar-refractivity contribution in [2.24, 2.45) is 5.73 Å². The Labute approximate surface area is 171 Å². The summed E-state index contributed by atoms with van der Waals surface area (Å²) in [6.07, 6.45) is 0. The first-order valence-corrected chi connectivity index (χ1v) is 10.9. The first-order valence-electron chi connectivity index (χ1n) is 8.25. The quantitative estimate of drug-likeness (QED) is 0.528. The number of rotatable bonds is 4. The van der Waals surface area contributed by atoms with Crippen LogP contribution in [0.15, 0.2) is 28.5 Å². The van der Waals surface area contributed by atoms with E-state index in [0.717, 1.165) is 25.7 Å². The minimum absolute atomic E-state index is 0.102. The van der Waals surface area contributed by atoms with E-state index < -0.39 is 21.8 Å². The molecule has 0 bridgehead atoms. The van der Waals surface area contributed by atoms with Gasteiger partial charge in [-0.25, -0.2) is 8.42 Å². The molecular formula is C17H17ClN4O4S2. The van der Waals surface area contributed by atoms with Crippen LogP contribution in [0.4, 0.5) is 0 Å². The van der Waals surface area contributed by atoms with Gasteiger partial charge in [-0.3, -0.25) is 14.9 Å². The Morgan fingerprint density at radius 3 is 2.82 bits per heavy atom. The largest absolute Gasteiger partial charge is 0.331 e. The zero-order valence-corrected chi connectivity index (χ0v) is 17.0. The first-order chi connectivity index (χ1) is 13.3.